The Bertz CT molecular complexity index is 2410. The van der Waals surface area contributed by atoms with Gasteiger partial charge in [0.25, 0.3) is 0 Å². The van der Waals surface area contributed by atoms with E-state index in [1.165, 1.54) is 33.4 Å². The van der Waals surface area contributed by atoms with E-state index < -0.39 is 0 Å². The fourth-order valence-electron chi connectivity index (χ4n) is 7.33. The summed E-state index contributed by atoms with van der Waals surface area (Å²) in [5.74, 6) is 25.3. The van der Waals surface area contributed by atoms with Crippen molar-refractivity contribution in [2.45, 2.75) is 59.3 Å². The van der Waals surface area contributed by atoms with Gasteiger partial charge in [-0.05, 0) is 181 Å². The Kier molecular flexibility index (Phi) is 15.0. The van der Waals surface area contributed by atoms with Gasteiger partial charge in [-0.2, -0.15) is 0 Å². The van der Waals surface area contributed by atoms with Crippen molar-refractivity contribution in [3.63, 3.8) is 0 Å². The van der Waals surface area contributed by atoms with Crippen LogP contribution in [0.2, 0.25) is 0 Å². The normalized spacial score (nSPS) is 11.1. The average molecular weight is 835 g/mol. The van der Waals surface area contributed by atoms with Crippen molar-refractivity contribution in [2.24, 2.45) is 0 Å². The monoisotopic (exact) mass is 834 g/mol. The first kappa shape index (κ1) is 43.9. The van der Waals surface area contributed by atoms with E-state index in [1.54, 1.807) is 21.3 Å². The van der Waals surface area contributed by atoms with Crippen LogP contribution in [0.25, 0.3) is 0 Å². The molecule has 6 aromatic carbocycles. The Labute approximate surface area is 373 Å². The largest absolute Gasteiger partial charge is 0.497 e. The third kappa shape index (κ3) is 11.4. The molecule has 1 aliphatic carbocycles. The van der Waals surface area contributed by atoms with E-state index in [0.717, 1.165) is 87.1 Å². The van der Waals surface area contributed by atoms with Gasteiger partial charge in [0, 0.05) is 16.7 Å². The summed E-state index contributed by atoms with van der Waals surface area (Å²) in [7, 11) is 5.00. The van der Waals surface area contributed by atoms with Gasteiger partial charge in [0.2, 0.25) is 0 Å². The van der Waals surface area contributed by atoms with Crippen molar-refractivity contribution in [3.8, 4) is 70.0 Å². The smallest absolute Gasteiger partial charge is 0.135 e. The molecule has 1 aliphatic rings. The molecule has 63 heavy (non-hydrogen) atoms. The van der Waals surface area contributed by atoms with Gasteiger partial charge in [-0.1, -0.05) is 56.3 Å². The molecule has 0 radical (unpaired) electrons. The lowest BCUT2D eigenvalue weighted by atomic mass is 9.92. The summed E-state index contributed by atoms with van der Waals surface area (Å²) >= 11 is 0. The van der Waals surface area contributed by atoms with Crippen LogP contribution in [-0.4, -0.2) is 41.2 Å². The van der Waals surface area contributed by atoms with Gasteiger partial charge in [-0.25, -0.2) is 0 Å². The molecule has 0 aromatic heterocycles. The van der Waals surface area contributed by atoms with Gasteiger partial charge in [0.1, 0.15) is 34.5 Å². The Hall–Kier alpha value is -7.20. The molecule has 0 heterocycles. The molecule has 0 unspecified atom stereocenters. The van der Waals surface area contributed by atoms with Gasteiger partial charge >= 0.3 is 0 Å². The molecule has 7 rings (SSSR count). The first-order valence-electron chi connectivity index (χ1n) is 21.7. The molecule has 0 atom stereocenters. The molecule has 0 saturated carbocycles. The maximum atomic E-state index is 6.47. The van der Waals surface area contributed by atoms with Crippen LogP contribution in [0, 0.1) is 35.5 Å². The summed E-state index contributed by atoms with van der Waals surface area (Å²) in [6.07, 6.45) is 4.63. The van der Waals surface area contributed by atoms with Gasteiger partial charge in [-0.15, -0.1) is 0 Å². The second-order valence-electron chi connectivity index (χ2n) is 15.4. The summed E-state index contributed by atoms with van der Waals surface area (Å²) in [6.45, 7) is 8.10. The van der Waals surface area contributed by atoms with E-state index >= 15 is 0 Å². The highest BCUT2D eigenvalue weighted by atomic mass is 16.5. The molecule has 0 N–H and O–H groups in total. The zero-order valence-corrected chi connectivity index (χ0v) is 37.2. The summed E-state index contributed by atoms with van der Waals surface area (Å²) in [6, 6.07) is 36.7. The van der Waals surface area contributed by atoms with E-state index in [-0.39, 0.29) is 0 Å². The van der Waals surface area contributed by atoms with Crippen molar-refractivity contribution in [2.75, 3.05) is 41.2 Å². The number of hydrogen-bond acceptors (Lipinski definition) is 6. The van der Waals surface area contributed by atoms with Crippen LogP contribution < -0.4 is 28.4 Å². The second-order valence-corrected chi connectivity index (χ2v) is 15.4. The third-order valence-corrected chi connectivity index (χ3v) is 10.7. The summed E-state index contributed by atoms with van der Waals surface area (Å²) in [5, 5.41) is 0. The lowest BCUT2D eigenvalue weighted by Crippen LogP contribution is -2.05. The fraction of sp³-hybridized carbons (Fsp3) is 0.263. The number of fused-ring (bicyclic) bond motifs is 3. The minimum Gasteiger partial charge on any atom is -0.497 e. The van der Waals surface area contributed by atoms with Crippen LogP contribution in [-0.2, 0) is 19.3 Å². The zero-order chi connectivity index (χ0) is 44.0. The lowest BCUT2D eigenvalue weighted by molar-refractivity contribution is 0.316. The van der Waals surface area contributed by atoms with Gasteiger partial charge in [0.15, 0.2) is 0 Å². The maximum absolute atomic E-state index is 6.47. The maximum Gasteiger partial charge on any atom is 0.135 e. The Morgan fingerprint density at radius 2 is 0.603 bits per heavy atom. The molecule has 0 spiro atoms. The van der Waals surface area contributed by atoms with Gasteiger partial charge < -0.3 is 28.4 Å². The molecule has 0 aliphatic heterocycles. The number of hydrogen-bond donors (Lipinski definition) is 0. The minimum absolute atomic E-state index is 0.580. The lowest BCUT2D eigenvalue weighted by Gasteiger charge is -2.17. The Balaban J connectivity index is 1.42. The van der Waals surface area contributed by atoms with Crippen LogP contribution in [0.3, 0.4) is 0 Å². The summed E-state index contributed by atoms with van der Waals surface area (Å²) in [5.41, 5.74) is 12.2. The van der Waals surface area contributed by atoms with Crippen LogP contribution in [0.1, 0.15) is 107 Å². The number of ether oxygens (including phenoxy) is 6. The number of methoxy groups -OCH3 is 3. The van der Waals surface area contributed by atoms with Crippen LogP contribution in [0.15, 0.2) is 109 Å². The predicted octanol–water partition coefficient (Wildman–Crippen LogP) is 11.4. The van der Waals surface area contributed by atoms with Crippen molar-refractivity contribution < 1.29 is 28.4 Å². The zero-order valence-electron chi connectivity index (χ0n) is 37.2. The van der Waals surface area contributed by atoms with E-state index in [1.807, 2.05) is 72.8 Å². The van der Waals surface area contributed by atoms with Crippen LogP contribution in [0.5, 0.6) is 34.5 Å². The van der Waals surface area contributed by atoms with Gasteiger partial charge in [-0.3, -0.25) is 0 Å². The van der Waals surface area contributed by atoms with Crippen molar-refractivity contribution in [1.29, 1.82) is 0 Å². The van der Waals surface area contributed by atoms with Crippen molar-refractivity contribution in [1.82, 2.24) is 0 Å². The highest BCUT2D eigenvalue weighted by Crippen LogP contribution is 2.36. The van der Waals surface area contributed by atoms with E-state index in [9.17, 15) is 0 Å². The molecular formula is C57H54O6. The quantitative estimate of drug-likeness (QED) is 0.114. The van der Waals surface area contributed by atoms with E-state index in [0.29, 0.717) is 39.1 Å². The first-order valence-corrected chi connectivity index (χ1v) is 21.7. The highest BCUT2D eigenvalue weighted by Gasteiger charge is 2.21. The highest BCUT2D eigenvalue weighted by molar-refractivity contribution is 5.62. The second kappa shape index (κ2) is 21.5. The summed E-state index contributed by atoms with van der Waals surface area (Å²) in [4.78, 5) is 0. The van der Waals surface area contributed by atoms with Gasteiger partial charge in [0.05, 0.1) is 57.8 Å². The molecule has 6 heteroatoms. The predicted molar refractivity (Wildman–Crippen MR) is 252 cm³/mol. The Morgan fingerprint density at radius 1 is 0.349 bits per heavy atom. The topological polar surface area (TPSA) is 55.4 Å². The average Bonchev–Trinajstić information content (AvgIpc) is 3.38. The molecule has 6 aromatic rings. The van der Waals surface area contributed by atoms with E-state index in [2.05, 4.69) is 92.7 Å². The number of rotatable bonds is 12. The van der Waals surface area contributed by atoms with Crippen LogP contribution >= 0.6 is 0 Å². The third-order valence-electron chi connectivity index (χ3n) is 10.7. The Morgan fingerprint density at radius 3 is 0.841 bits per heavy atom. The fourth-order valence-corrected chi connectivity index (χ4v) is 7.33. The molecular weight excluding hydrogens is 781 g/mol. The molecule has 0 amide bonds. The van der Waals surface area contributed by atoms with Crippen molar-refractivity contribution in [3.05, 3.63) is 176 Å². The van der Waals surface area contributed by atoms with E-state index in [4.69, 9.17) is 28.4 Å². The summed E-state index contributed by atoms with van der Waals surface area (Å²) < 4.78 is 35.6. The SMILES string of the molecule is CCCOc1cc2c(cc1C#Cc1ccc(OC)cc1)Cc1cc(OCCC)c(C#Cc3ccc(OC)cc3)cc1Cc1cc(OCCC)c(C#Cc3ccc(OC)cc3)cc1C2. The number of benzene rings is 6. The standard InChI is InChI=1S/C57H54O6/c1-7-28-61-55-37-49-34-47-32-44(20-11-41-15-24-53(59-5)25-16-41)57(63-30-9-3)39-51(47)36-48-33-45(21-12-42-17-26-54(60-6)27-18-42)56(62-29-8-2)38-50(48)35-46(49)31-43(55)19-10-40-13-22-52(58-4)23-14-40/h13-18,22-27,31-33,37-39H,7-9,28-30,34-36H2,1-6H3. The minimum atomic E-state index is 0.580. The molecule has 6 nitrogen and oxygen atoms in total. The molecule has 0 fully saturated rings. The molecule has 0 bridgehead atoms. The first-order chi connectivity index (χ1) is 30.9. The van der Waals surface area contributed by atoms with Crippen LogP contribution in [0.4, 0.5) is 0 Å². The van der Waals surface area contributed by atoms with Crippen molar-refractivity contribution >= 4 is 0 Å². The molecule has 318 valence electrons. The molecule has 0 saturated heterocycles.